The summed E-state index contributed by atoms with van der Waals surface area (Å²) in [5.74, 6) is 1.01. The zero-order chi connectivity index (χ0) is 20.8. The lowest BCUT2D eigenvalue weighted by Gasteiger charge is -2.05. The van der Waals surface area contributed by atoms with Gasteiger partial charge in [-0.15, -0.1) is 0 Å². The van der Waals surface area contributed by atoms with Crippen LogP contribution in [0.2, 0.25) is 5.02 Å². The van der Waals surface area contributed by atoms with Gasteiger partial charge in [0.15, 0.2) is 0 Å². The minimum atomic E-state index is -1.36. The fourth-order valence-electron chi connectivity index (χ4n) is 2.78. The number of nitrogens with one attached hydrogen (secondary N) is 1. The van der Waals surface area contributed by atoms with E-state index in [0.717, 1.165) is 16.7 Å². The average Bonchev–Trinajstić information content (AvgIpc) is 3.04. The molecule has 152 valence electrons. The summed E-state index contributed by atoms with van der Waals surface area (Å²) in [6.45, 7) is 4.29. The monoisotopic (exact) mass is 430 g/mol. The summed E-state index contributed by atoms with van der Waals surface area (Å²) in [4.78, 5) is 16.5. The normalized spacial score (nSPS) is 12.0. The van der Waals surface area contributed by atoms with Crippen LogP contribution in [0, 0.1) is 13.8 Å². The maximum atomic E-state index is 12.4. The number of amides is 1. The second kappa shape index (κ2) is 9.85. The third kappa shape index (κ3) is 6.27. The van der Waals surface area contributed by atoms with E-state index in [2.05, 4.69) is 10.3 Å². The van der Waals surface area contributed by atoms with Gasteiger partial charge in [0.05, 0.1) is 11.4 Å². The maximum absolute atomic E-state index is 12.4. The third-order valence-electron chi connectivity index (χ3n) is 4.43. The van der Waals surface area contributed by atoms with Crippen molar-refractivity contribution in [3.63, 3.8) is 0 Å². The van der Waals surface area contributed by atoms with Crippen LogP contribution in [0.5, 0.6) is 0 Å². The van der Waals surface area contributed by atoms with Gasteiger partial charge >= 0.3 is 0 Å². The molecule has 3 aromatic rings. The van der Waals surface area contributed by atoms with Crippen LogP contribution < -0.4 is 5.32 Å². The molecule has 0 aliphatic rings. The standard InChI is InChI=1S/C22H23ClN2O3S/c1-15-3-7-18(8-4-15)22-25-20(16(2)28-22)13-29(27)14-21(26)24-12-11-17-5-9-19(23)10-6-17/h3-10H,11-14H2,1-2H3,(H,24,26)/t29-/m1/s1. The summed E-state index contributed by atoms with van der Waals surface area (Å²) in [5.41, 5.74) is 3.72. The minimum Gasteiger partial charge on any atom is -0.441 e. The Bertz CT molecular complexity index is 998. The molecule has 0 saturated carbocycles. The van der Waals surface area contributed by atoms with E-state index < -0.39 is 10.8 Å². The number of aromatic nitrogens is 1. The van der Waals surface area contributed by atoms with E-state index in [-0.39, 0.29) is 17.4 Å². The first-order chi connectivity index (χ1) is 13.9. The smallest absolute Gasteiger partial charge is 0.232 e. The molecule has 1 atom stereocenters. The predicted octanol–water partition coefficient (Wildman–Crippen LogP) is 4.22. The van der Waals surface area contributed by atoms with E-state index in [4.69, 9.17) is 16.0 Å². The van der Waals surface area contributed by atoms with Gasteiger partial charge in [0.2, 0.25) is 11.8 Å². The Hall–Kier alpha value is -2.44. The number of carbonyl (C=O) groups is 1. The molecule has 7 heteroatoms. The van der Waals surface area contributed by atoms with Crippen molar-refractivity contribution in [1.29, 1.82) is 0 Å². The number of aryl methyl sites for hydroxylation is 2. The summed E-state index contributed by atoms with van der Waals surface area (Å²) < 4.78 is 18.1. The Morgan fingerprint density at radius 3 is 2.48 bits per heavy atom. The van der Waals surface area contributed by atoms with E-state index >= 15 is 0 Å². The van der Waals surface area contributed by atoms with Crippen molar-refractivity contribution in [1.82, 2.24) is 10.3 Å². The molecule has 29 heavy (non-hydrogen) atoms. The lowest BCUT2D eigenvalue weighted by atomic mass is 10.1. The van der Waals surface area contributed by atoms with Crippen LogP contribution in [0.1, 0.15) is 22.6 Å². The Kier molecular flexibility index (Phi) is 7.23. The van der Waals surface area contributed by atoms with Crippen molar-refractivity contribution in [2.75, 3.05) is 12.3 Å². The molecule has 0 aliphatic heterocycles. The highest BCUT2D eigenvalue weighted by Crippen LogP contribution is 2.22. The van der Waals surface area contributed by atoms with Gasteiger partial charge in [0.1, 0.15) is 11.5 Å². The van der Waals surface area contributed by atoms with Crippen LogP contribution in [-0.2, 0) is 27.8 Å². The van der Waals surface area contributed by atoms with Crippen LogP contribution in [0.4, 0.5) is 0 Å². The van der Waals surface area contributed by atoms with Gasteiger partial charge < -0.3 is 9.73 Å². The zero-order valence-corrected chi connectivity index (χ0v) is 18.0. The first-order valence-electron chi connectivity index (χ1n) is 9.30. The van der Waals surface area contributed by atoms with Crippen molar-refractivity contribution < 1.29 is 13.4 Å². The van der Waals surface area contributed by atoms with Crippen LogP contribution in [0.3, 0.4) is 0 Å². The van der Waals surface area contributed by atoms with Crippen LogP contribution >= 0.6 is 11.6 Å². The molecule has 1 amide bonds. The number of hydrogen-bond acceptors (Lipinski definition) is 4. The summed E-state index contributed by atoms with van der Waals surface area (Å²) >= 11 is 5.86. The third-order valence-corrected chi connectivity index (χ3v) is 5.86. The number of hydrogen-bond donors (Lipinski definition) is 1. The zero-order valence-electron chi connectivity index (χ0n) is 16.4. The van der Waals surface area contributed by atoms with Gasteiger partial charge in [0.25, 0.3) is 0 Å². The van der Waals surface area contributed by atoms with E-state index in [1.54, 1.807) is 6.92 Å². The summed E-state index contributed by atoms with van der Waals surface area (Å²) in [6, 6.07) is 15.3. The molecule has 0 spiro atoms. The molecule has 0 aliphatic carbocycles. The molecule has 0 bridgehead atoms. The SMILES string of the molecule is Cc1ccc(-c2nc(C[S@@](=O)CC(=O)NCCc3ccc(Cl)cc3)c(C)o2)cc1. The molecule has 2 aromatic carbocycles. The van der Waals surface area contributed by atoms with E-state index in [9.17, 15) is 9.00 Å². The highest BCUT2D eigenvalue weighted by Gasteiger charge is 2.16. The Morgan fingerprint density at radius 1 is 1.10 bits per heavy atom. The molecule has 0 unspecified atom stereocenters. The lowest BCUT2D eigenvalue weighted by Crippen LogP contribution is -2.30. The number of nitrogens with zero attached hydrogens (tertiary/aromatic N) is 1. The molecule has 0 fully saturated rings. The van der Waals surface area contributed by atoms with Crippen molar-refractivity contribution in [2.45, 2.75) is 26.0 Å². The van der Waals surface area contributed by atoms with E-state index in [0.29, 0.717) is 35.3 Å². The van der Waals surface area contributed by atoms with E-state index in [1.807, 2.05) is 55.5 Å². The van der Waals surface area contributed by atoms with E-state index in [1.165, 1.54) is 0 Å². The fourth-order valence-corrected chi connectivity index (χ4v) is 3.97. The maximum Gasteiger partial charge on any atom is 0.232 e. The first-order valence-corrected chi connectivity index (χ1v) is 11.2. The molecule has 0 radical (unpaired) electrons. The molecule has 5 nitrogen and oxygen atoms in total. The van der Waals surface area contributed by atoms with Gasteiger partial charge in [-0.05, 0) is 50.1 Å². The number of benzene rings is 2. The van der Waals surface area contributed by atoms with Crippen LogP contribution in [-0.4, -0.2) is 27.4 Å². The highest BCUT2D eigenvalue weighted by atomic mass is 35.5. The number of rotatable bonds is 8. The number of oxazole rings is 1. The van der Waals surface area contributed by atoms with Crippen molar-refractivity contribution in [3.8, 4) is 11.5 Å². The molecule has 1 N–H and O–H groups in total. The largest absolute Gasteiger partial charge is 0.441 e. The van der Waals surface area contributed by atoms with Gasteiger partial charge in [-0.2, -0.15) is 0 Å². The molecular formula is C22H23ClN2O3S. The quantitative estimate of drug-likeness (QED) is 0.580. The Balaban J connectivity index is 1.49. The lowest BCUT2D eigenvalue weighted by molar-refractivity contribution is -0.118. The fraction of sp³-hybridized carbons (Fsp3) is 0.273. The number of carbonyl (C=O) groups excluding carboxylic acids is 1. The highest BCUT2D eigenvalue weighted by molar-refractivity contribution is 7.84. The Labute approximate surface area is 178 Å². The van der Waals surface area contributed by atoms with Crippen LogP contribution in [0.25, 0.3) is 11.5 Å². The Morgan fingerprint density at radius 2 is 1.79 bits per heavy atom. The molecule has 0 saturated heterocycles. The molecule has 1 heterocycles. The molecule has 3 rings (SSSR count). The average molecular weight is 431 g/mol. The second-order valence-electron chi connectivity index (χ2n) is 6.84. The molecule has 1 aromatic heterocycles. The van der Waals surface area contributed by atoms with Crippen molar-refractivity contribution in [3.05, 3.63) is 76.1 Å². The van der Waals surface area contributed by atoms with Gasteiger partial charge in [-0.25, -0.2) is 4.98 Å². The predicted molar refractivity (Wildman–Crippen MR) is 116 cm³/mol. The minimum absolute atomic E-state index is 0.0627. The van der Waals surface area contributed by atoms with Gasteiger partial charge in [-0.1, -0.05) is 41.4 Å². The van der Waals surface area contributed by atoms with Crippen molar-refractivity contribution >= 4 is 28.3 Å². The summed E-state index contributed by atoms with van der Waals surface area (Å²) in [5, 5.41) is 3.49. The van der Waals surface area contributed by atoms with Crippen LogP contribution in [0.15, 0.2) is 52.9 Å². The second-order valence-corrected chi connectivity index (χ2v) is 8.74. The van der Waals surface area contributed by atoms with Gasteiger partial charge in [0, 0.05) is 27.9 Å². The van der Waals surface area contributed by atoms with Gasteiger partial charge in [-0.3, -0.25) is 9.00 Å². The molecular weight excluding hydrogens is 408 g/mol. The topological polar surface area (TPSA) is 72.2 Å². The first kappa shape index (κ1) is 21.3. The van der Waals surface area contributed by atoms with Crippen molar-refractivity contribution in [2.24, 2.45) is 0 Å². The summed E-state index contributed by atoms with van der Waals surface area (Å²) in [6.07, 6.45) is 0.692. The number of halogens is 1. The summed E-state index contributed by atoms with van der Waals surface area (Å²) in [7, 11) is -1.36.